The van der Waals surface area contributed by atoms with Gasteiger partial charge in [0.05, 0.1) is 24.6 Å². The number of carbonyl (C=O) groups excluding carboxylic acids is 2. The van der Waals surface area contributed by atoms with Crippen LogP contribution >= 0.6 is 0 Å². The second-order valence-corrected chi connectivity index (χ2v) is 6.20. The van der Waals surface area contributed by atoms with Crippen molar-refractivity contribution in [3.8, 4) is 5.69 Å². The number of ether oxygens (including phenoxy) is 1. The molecule has 1 N–H and O–H groups in total. The van der Waals surface area contributed by atoms with Gasteiger partial charge in [0.2, 0.25) is 5.91 Å². The smallest absolute Gasteiger partial charge is 0.337 e. The van der Waals surface area contributed by atoms with Crippen LogP contribution in [0.5, 0.6) is 0 Å². The number of nitrogens with one attached hydrogen (secondary N) is 1. The van der Waals surface area contributed by atoms with Gasteiger partial charge in [0.1, 0.15) is 0 Å². The fourth-order valence-electron chi connectivity index (χ4n) is 2.73. The zero-order valence-electron chi connectivity index (χ0n) is 15.3. The Bertz CT molecular complexity index is 948. The lowest BCUT2D eigenvalue weighted by atomic mass is 10.1. The third-order valence-corrected chi connectivity index (χ3v) is 4.22. The highest BCUT2D eigenvalue weighted by molar-refractivity contribution is 5.94. The lowest BCUT2D eigenvalue weighted by Crippen LogP contribution is -2.13. The van der Waals surface area contributed by atoms with E-state index in [-0.39, 0.29) is 5.91 Å². The summed E-state index contributed by atoms with van der Waals surface area (Å²) >= 11 is 0. The number of esters is 1. The van der Waals surface area contributed by atoms with Gasteiger partial charge in [-0.05, 0) is 54.8 Å². The van der Waals surface area contributed by atoms with E-state index in [1.54, 1.807) is 29.1 Å². The minimum absolute atomic E-state index is 0.0867. The molecule has 0 atom stereocenters. The molecule has 1 amide bonds. The number of hydrogen-bond donors (Lipinski definition) is 1. The van der Waals surface area contributed by atoms with Crippen molar-refractivity contribution in [2.45, 2.75) is 19.8 Å². The molecule has 27 heavy (non-hydrogen) atoms. The van der Waals surface area contributed by atoms with Crippen molar-refractivity contribution in [2.75, 3.05) is 12.4 Å². The van der Waals surface area contributed by atoms with Gasteiger partial charge in [0.15, 0.2) is 0 Å². The molecule has 0 aliphatic carbocycles. The summed E-state index contributed by atoms with van der Waals surface area (Å²) in [6.45, 7) is 1.84. The van der Waals surface area contributed by atoms with Crippen molar-refractivity contribution >= 4 is 17.6 Å². The normalized spacial score (nSPS) is 10.4. The van der Waals surface area contributed by atoms with Gasteiger partial charge in [-0.1, -0.05) is 18.2 Å². The minimum Gasteiger partial charge on any atom is -0.465 e. The quantitative estimate of drug-likeness (QED) is 0.680. The molecule has 0 spiro atoms. The highest BCUT2D eigenvalue weighted by Gasteiger charge is 2.10. The predicted molar refractivity (Wildman–Crippen MR) is 103 cm³/mol. The number of nitrogens with zero attached hydrogens (tertiary/aromatic N) is 2. The maximum atomic E-state index is 12.3. The highest BCUT2D eigenvalue weighted by Crippen LogP contribution is 2.18. The van der Waals surface area contributed by atoms with E-state index in [1.807, 2.05) is 43.5 Å². The number of benzene rings is 2. The minimum atomic E-state index is -0.397. The average Bonchev–Trinajstić information content (AvgIpc) is 3.17. The Labute approximate surface area is 157 Å². The number of anilines is 1. The molecule has 0 bridgehead atoms. The number of carbonyl (C=O) groups is 2. The van der Waals surface area contributed by atoms with Crippen molar-refractivity contribution in [3.05, 3.63) is 77.6 Å². The van der Waals surface area contributed by atoms with Crippen LogP contribution < -0.4 is 5.32 Å². The third kappa shape index (κ3) is 4.61. The van der Waals surface area contributed by atoms with Crippen LogP contribution in [0.15, 0.2) is 60.9 Å². The number of aromatic nitrogens is 2. The molecule has 1 aromatic heterocycles. The topological polar surface area (TPSA) is 73.2 Å². The summed E-state index contributed by atoms with van der Waals surface area (Å²) < 4.78 is 6.49. The summed E-state index contributed by atoms with van der Waals surface area (Å²) in [6.07, 6.45) is 4.65. The van der Waals surface area contributed by atoms with E-state index in [0.29, 0.717) is 24.1 Å². The summed E-state index contributed by atoms with van der Waals surface area (Å²) in [7, 11) is 1.34. The summed E-state index contributed by atoms with van der Waals surface area (Å²) in [5.74, 6) is -0.484. The number of para-hydroxylation sites is 1. The van der Waals surface area contributed by atoms with Gasteiger partial charge in [-0.2, -0.15) is 5.10 Å². The molecule has 3 rings (SSSR count). The maximum absolute atomic E-state index is 12.3. The van der Waals surface area contributed by atoms with E-state index in [1.165, 1.54) is 7.11 Å². The molecular formula is C21H21N3O3. The molecule has 6 heteroatoms. The van der Waals surface area contributed by atoms with Gasteiger partial charge in [-0.3, -0.25) is 4.79 Å². The van der Waals surface area contributed by atoms with Gasteiger partial charge in [-0.15, -0.1) is 0 Å². The fourth-order valence-corrected chi connectivity index (χ4v) is 2.73. The van der Waals surface area contributed by atoms with Crippen molar-refractivity contribution in [2.24, 2.45) is 0 Å². The molecule has 1 heterocycles. The summed E-state index contributed by atoms with van der Waals surface area (Å²) in [5.41, 5.74) is 3.93. The van der Waals surface area contributed by atoms with Crippen LogP contribution in [-0.4, -0.2) is 28.8 Å². The van der Waals surface area contributed by atoms with Crippen molar-refractivity contribution in [1.29, 1.82) is 0 Å². The molecule has 2 aromatic carbocycles. The molecule has 0 saturated carbocycles. The van der Waals surface area contributed by atoms with Crippen LogP contribution in [0.2, 0.25) is 0 Å². The first-order valence-corrected chi connectivity index (χ1v) is 8.64. The van der Waals surface area contributed by atoms with Crippen molar-refractivity contribution in [3.63, 3.8) is 0 Å². The molecule has 0 aliphatic heterocycles. The van der Waals surface area contributed by atoms with Crippen LogP contribution in [0.25, 0.3) is 5.69 Å². The van der Waals surface area contributed by atoms with E-state index < -0.39 is 5.97 Å². The first-order chi connectivity index (χ1) is 13.1. The largest absolute Gasteiger partial charge is 0.465 e. The molecule has 3 aromatic rings. The number of rotatable bonds is 6. The first kappa shape index (κ1) is 18.4. The monoisotopic (exact) mass is 363 g/mol. The van der Waals surface area contributed by atoms with Crippen LogP contribution in [-0.2, 0) is 16.0 Å². The molecule has 0 radical (unpaired) electrons. The van der Waals surface area contributed by atoms with E-state index >= 15 is 0 Å². The zero-order valence-corrected chi connectivity index (χ0v) is 15.3. The summed E-state index contributed by atoms with van der Waals surface area (Å²) in [4.78, 5) is 23.8. The Kier molecular flexibility index (Phi) is 5.66. The zero-order chi connectivity index (χ0) is 19.2. The van der Waals surface area contributed by atoms with Gasteiger partial charge < -0.3 is 10.1 Å². The van der Waals surface area contributed by atoms with Crippen molar-refractivity contribution < 1.29 is 14.3 Å². The molecule has 0 saturated heterocycles. The SMILES string of the molecule is COC(=O)c1ccc(NC(=O)CCc2cnn(-c3ccccc3)c2)c(C)c1. The Morgan fingerprint density at radius 2 is 1.93 bits per heavy atom. The third-order valence-electron chi connectivity index (χ3n) is 4.22. The Morgan fingerprint density at radius 3 is 2.63 bits per heavy atom. The molecule has 6 nitrogen and oxygen atoms in total. The molecular weight excluding hydrogens is 342 g/mol. The number of hydrogen-bond acceptors (Lipinski definition) is 4. The fraction of sp³-hybridized carbons (Fsp3) is 0.190. The molecule has 138 valence electrons. The van der Waals surface area contributed by atoms with E-state index in [9.17, 15) is 9.59 Å². The van der Waals surface area contributed by atoms with Crippen LogP contribution in [0.1, 0.15) is 27.9 Å². The Morgan fingerprint density at radius 1 is 1.15 bits per heavy atom. The van der Waals surface area contributed by atoms with Crippen LogP contribution in [0.4, 0.5) is 5.69 Å². The van der Waals surface area contributed by atoms with Gasteiger partial charge in [0, 0.05) is 18.3 Å². The van der Waals surface area contributed by atoms with E-state index in [4.69, 9.17) is 4.74 Å². The predicted octanol–water partition coefficient (Wildman–Crippen LogP) is 3.54. The van der Waals surface area contributed by atoms with Crippen LogP contribution in [0, 0.1) is 6.92 Å². The van der Waals surface area contributed by atoms with Crippen LogP contribution in [0.3, 0.4) is 0 Å². The lowest BCUT2D eigenvalue weighted by Gasteiger charge is -2.09. The number of methoxy groups -OCH3 is 1. The summed E-state index contributed by atoms with van der Waals surface area (Å²) in [5, 5.41) is 7.22. The van der Waals surface area contributed by atoms with Crippen molar-refractivity contribution in [1.82, 2.24) is 9.78 Å². The molecule has 0 unspecified atom stereocenters. The maximum Gasteiger partial charge on any atom is 0.337 e. The number of aryl methyl sites for hydroxylation is 2. The standard InChI is InChI=1S/C21H21N3O3/c1-15-12-17(21(26)27-2)9-10-19(15)23-20(25)11-8-16-13-22-24(14-16)18-6-4-3-5-7-18/h3-7,9-10,12-14H,8,11H2,1-2H3,(H,23,25). The lowest BCUT2D eigenvalue weighted by molar-refractivity contribution is -0.116. The Balaban J connectivity index is 1.57. The second-order valence-electron chi connectivity index (χ2n) is 6.20. The van der Waals surface area contributed by atoms with Gasteiger partial charge in [0.25, 0.3) is 0 Å². The number of amides is 1. The second kappa shape index (κ2) is 8.31. The van der Waals surface area contributed by atoms with Gasteiger partial charge in [-0.25, -0.2) is 9.48 Å². The van der Waals surface area contributed by atoms with E-state index in [2.05, 4.69) is 10.4 Å². The van der Waals surface area contributed by atoms with E-state index in [0.717, 1.165) is 16.8 Å². The highest BCUT2D eigenvalue weighted by atomic mass is 16.5. The Hall–Kier alpha value is -3.41. The molecule has 0 fully saturated rings. The average molecular weight is 363 g/mol. The summed E-state index contributed by atoms with van der Waals surface area (Å²) in [6, 6.07) is 14.9. The molecule has 0 aliphatic rings. The van der Waals surface area contributed by atoms with Gasteiger partial charge >= 0.3 is 5.97 Å². The first-order valence-electron chi connectivity index (χ1n) is 8.64.